The topological polar surface area (TPSA) is 79.3 Å². The van der Waals surface area contributed by atoms with Crippen LogP contribution in [-0.4, -0.2) is 22.0 Å². The van der Waals surface area contributed by atoms with Gasteiger partial charge in [-0.05, 0) is 26.7 Å². The summed E-state index contributed by atoms with van der Waals surface area (Å²) in [5.74, 6) is -0.866. The van der Waals surface area contributed by atoms with Gasteiger partial charge in [-0.2, -0.15) is 0 Å². The highest BCUT2D eigenvalue weighted by Gasteiger charge is 2.06. The van der Waals surface area contributed by atoms with Crippen LogP contribution in [0.1, 0.15) is 41.3 Å². The van der Waals surface area contributed by atoms with Crippen LogP contribution in [0.25, 0.3) is 0 Å². The molecule has 0 aliphatic rings. The number of aryl methyl sites for hydroxylation is 2. The summed E-state index contributed by atoms with van der Waals surface area (Å²) in [4.78, 5) is 27.2. The van der Waals surface area contributed by atoms with Crippen LogP contribution in [-0.2, 0) is 16.1 Å². The third kappa shape index (κ3) is 5.27. The van der Waals surface area contributed by atoms with Gasteiger partial charge in [-0.1, -0.05) is 0 Å². The summed E-state index contributed by atoms with van der Waals surface area (Å²) in [6.45, 7) is 4.41. The highest BCUT2D eigenvalue weighted by molar-refractivity contribution is 7.11. The SMILES string of the molecule is Cc1nc(CNC(=O)CCCCC(=O)O)sc1C. The molecule has 5 nitrogen and oxygen atoms in total. The molecule has 0 spiro atoms. The van der Waals surface area contributed by atoms with Gasteiger partial charge in [0.2, 0.25) is 5.91 Å². The van der Waals surface area contributed by atoms with E-state index in [1.54, 1.807) is 11.3 Å². The quantitative estimate of drug-likeness (QED) is 0.743. The summed E-state index contributed by atoms with van der Waals surface area (Å²) in [6, 6.07) is 0. The van der Waals surface area contributed by atoms with Gasteiger partial charge in [0.25, 0.3) is 0 Å². The first kappa shape index (κ1) is 14.6. The van der Waals surface area contributed by atoms with Gasteiger partial charge in [0, 0.05) is 17.7 Å². The minimum absolute atomic E-state index is 0.0501. The van der Waals surface area contributed by atoms with Crippen LogP contribution in [0.3, 0.4) is 0 Å². The standard InChI is InChI=1S/C12H18N2O3S/c1-8-9(2)18-11(14-8)7-13-10(15)5-3-4-6-12(16)17/h3-7H2,1-2H3,(H,13,15)(H,16,17). The molecule has 1 aromatic rings. The van der Waals surface area contributed by atoms with E-state index in [2.05, 4.69) is 10.3 Å². The van der Waals surface area contributed by atoms with Crippen molar-refractivity contribution >= 4 is 23.2 Å². The number of unbranched alkanes of at least 4 members (excludes halogenated alkanes) is 1. The molecule has 0 radical (unpaired) electrons. The van der Waals surface area contributed by atoms with Crippen LogP contribution < -0.4 is 5.32 Å². The normalized spacial score (nSPS) is 10.3. The predicted molar refractivity (Wildman–Crippen MR) is 69.5 cm³/mol. The number of hydrogen-bond acceptors (Lipinski definition) is 4. The molecule has 6 heteroatoms. The van der Waals surface area contributed by atoms with Crippen LogP contribution in [0.4, 0.5) is 0 Å². The number of hydrogen-bond donors (Lipinski definition) is 2. The molecule has 1 heterocycles. The van der Waals surface area contributed by atoms with Gasteiger partial charge in [-0.15, -0.1) is 11.3 Å². The smallest absolute Gasteiger partial charge is 0.303 e. The first-order chi connectivity index (χ1) is 8.49. The Labute approximate surface area is 110 Å². The van der Waals surface area contributed by atoms with Gasteiger partial charge >= 0.3 is 5.97 Å². The van der Waals surface area contributed by atoms with Crippen molar-refractivity contribution in [2.45, 2.75) is 46.1 Å². The number of aliphatic carboxylic acids is 1. The number of carboxylic acids is 1. The fourth-order valence-corrected chi connectivity index (χ4v) is 2.31. The molecule has 0 saturated heterocycles. The molecule has 1 aromatic heterocycles. The lowest BCUT2D eigenvalue weighted by atomic mass is 10.2. The van der Waals surface area contributed by atoms with E-state index in [-0.39, 0.29) is 12.3 Å². The molecule has 0 aliphatic heterocycles. The highest BCUT2D eigenvalue weighted by atomic mass is 32.1. The number of aromatic nitrogens is 1. The van der Waals surface area contributed by atoms with E-state index in [0.717, 1.165) is 10.7 Å². The molecular formula is C12H18N2O3S. The Hall–Kier alpha value is -1.43. The van der Waals surface area contributed by atoms with Crippen LogP contribution in [0.2, 0.25) is 0 Å². The van der Waals surface area contributed by atoms with Crippen molar-refractivity contribution in [1.82, 2.24) is 10.3 Å². The van der Waals surface area contributed by atoms with Crippen molar-refractivity contribution in [2.75, 3.05) is 0 Å². The minimum atomic E-state index is -0.816. The number of nitrogens with one attached hydrogen (secondary N) is 1. The van der Waals surface area contributed by atoms with Crippen molar-refractivity contribution in [3.8, 4) is 0 Å². The van der Waals surface area contributed by atoms with Gasteiger partial charge < -0.3 is 10.4 Å². The Kier molecular flexibility index (Phi) is 5.77. The van der Waals surface area contributed by atoms with Crippen LogP contribution in [0, 0.1) is 13.8 Å². The van der Waals surface area contributed by atoms with Gasteiger partial charge in [0.15, 0.2) is 0 Å². The van der Waals surface area contributed by atoms with Crippen LogP contribution in [0.5, 0.6) is 0 Å². The zero-order valence-electron chi connectivity index (χ0n) is 10.7. The number of nitrogens with zero attached hydrogens (tertiary/aromatic N) is 1. The fourth-order valence-electron chi connectivity index (χ4n) is 1.44. The summed E-state index contributed by atoms with van der Waals surface area (Å²) in [7, 11) is 0. The largest absolute Gasteiger partial charge is 0.481 e. The summed E-state index contributed by atoms with van der Waals surface area (Å²) in [6.07, 6.45) is 1.64. The molecule has 18 heavy (non-hydrogen) atoms. The van der Waals surface area contributed by atoms with Crippen LogP contribution >= 0.6 is 11.3 Å². The summed E-state index contributed by atoms with van der Waals surface area (Å²) < 4.78 is 0. The van der Waals surface area contributed by atoms with Crippen molar-refractivity contribution in [1.29, 1.82) is 0 Å². The lowest BCUT2D eigenvalue weighted by Crippen LogP contribution is -2.22. The van der Waals surface area contributed by atoms with Gasteiger partial charge in [-0.25, -0.2) is 4.98 Å². The van der Waals surface area contributed by atoms with Gasteiger partial charge in [-0.3, -0.25) is 9.59 Å². The summed E-state index contributed by atoms with van der Waals surface area (Å²) in [5, 5.41) is 12.1. The zero-order valence-corrected chi connectivity index (χ0v) is 11.5. The molecule has 0 fully saturated rings. The maximum Gasteiger partial charge on any atom is 0.303 e. The maximum atomic E-state index is 11.5. The number of carbonyl (C=O) groups is 2. The van der Waals surface area contributed by atoms with E-state index < -0.39 is 5.97 Å². The van der Waals surface area contributed by atoms with Crippen molar-refractivity contribution in [3.63, 3.8) is 0 Å². The van der Waals surface area contributed by atoms with E-state index in [0.29, 0.717) is 25.8 Å². The lowest BCUT2D eigenvalue weighted by Gasteiger charge is -2.02. The molecule has 100 valence electrons. The van der Waals surface area contributed by atoms with Crippen LogP contribution in [0.15, 0.2) is 0 Å². The second kappa shape index (κ2) is 7.10. The summed E-state index contributed by atoms with van der Waals surface area (Å²) in [5.41, 5.74) is 1.01. The number of carbonyl (C=O) groups excluding carboxylic acids is 1. The Bertz CT molecular complexity index is 409. The number of carboxylic acid groups (broad SMARTS) is 1. The summed E-state index contributed by atoms with van der Waals surface area (Å²) >= 11 is 1.59. The number of thiazole rings is 1. The van der Waals surface area contributed by atoms with E-state index in [4.69, 9.17) is 5.11 Å². The molecule has 2 N–H and O–H groups in total. The second-order valence-electron chi connectivity index (χ2n) is 4.13. The zero-order chi connectivity index (χ0) is 13.5. The second-order valence-corrected chi connectivity index (χ2v) is 5.41. The fraction of sp³-hybridized carbons (Fsp3) is 0.583. The Morgan fingerprint density at radius 2 is 1.94 bits per heavy atom. The molecule has 1 rings (SSSR count). The van der Waals surface area contributed by atoms with Crippen molar-refractivity contribution < 1.29 is 14.7 Å². The molecule has 0 aromatic carbocycles. The highest BCUT2D eigenvalue weighted by Crippen LogP contribution is 2.15. The van der Waals surface area contributed by atoms with E-state index in [1.165, 1.54) is 4.88 Å². The average Bonchev–Trinajstić information content (AvgIpc) is 2.61. The van der Waals surface area contributed by atoms with E-state index in [1.807, 2.05) is 13.8 Å². The Morgan fingerprint density at radius 1 is 1.28 bits per heavy atom. The number of rotatable bonds is 7. The molecule has 0 atom stereocenters. The van der Waals surface area contributed by atoms with Crippen molar-refractivity contribution in [3.05, 3.63) is 15.6 Å². The monoisotopic (exact) mass is 270 g/mol. The van der Waals surface area contributed by atoms with Gasteiger partial charge in [0.1, 0.15) is 5.01 Å². The molecule has 0 unspecified atom stereocenters. The molecule has 0 saturated carbocycles. The average molecular weight is 270 g/mol. The van der Waals surface area contributed by atoms with Crippen molar-refractivity contribution in [2.24, 2.45) is 0 Å². The van der Waals surface area contributed by atoms with Gasteiger partial charge in [0.05, 0.1) is 12.2 Å². The Morgan fingerprint density at radius 3 is 2.50 bits per heavy atom. The first-order valence-corrected chi connectivity index (χ1v) is 6.72. The maximum absolute atomic E-state index is 11.5. The van der Waals surface area contributed by atoms with E-state index in [9.17, 15) is 9.59 Å². The molecule has 1 amide bonds. The minimum Gasteiger partial charge on any atom is -0.481 e. The Balaban J connectivity index is 2.19. The third-order valence-corrected chi connectivity index (χ3v) is 3.63. The predicted octanol–water partition coefficient (Wildman–Crippen LogP) is 2.02. The van der Waals surface area contributed by atoms with E-state index >= 15 is 0 Å². The molecule has 0 bridgehead atoms. The molecule has 0 aliphatic carbocycles. The third-order valence-electron chi connectivity index (χ3n) is 2.55. The molecular weight excluding hydrogens is 252 g/mol. The first-order valence-electron chi connectivity index (χ1n) is 5.90. The number of amides is 1. The lowest BCUT2D eigenvalue weighted by molar-refractivity contribution is -0.137.